The fourth-order valence-corrected chi connectivity index (χ4v) is 2.87. The molecule has 1 aromatic rings. The number of aryl methyl sites for hydroxylation is 1. The van der Waals surface area contributed by atoms with Gasteiger partial charge in [-0.15, -0.1) is 0 Å². The van der Waals surface area contributed by atoms with Crippen molar-refractivity contribution in [1.29, 1.82) is 5.26 Å². The van der Waals surface area contributed by atoms with E-state index in [1.807, 2.05) is 20.8 Å². The molecule has 1 aromatic heterocycles. The number of carbonyl (C=O) groups excluding carboxylic acids is 1. The Morgan fingerprint density at radius 3 is 2.61 bits per heavy atom. The Kier molecular flexibility index (Phi) is 3.72. The second-order valence-corrected chi connectivity index (χ2v) is 5.73. The minimum Gasteiger partial charge on any atom is -0.298 e. The highest BCUT2D eigenvalue weighted by Crippen LogP contribution is 2.33. The lowest BCUT2D eigenvalue weighted by molar-refractivity contribution is -0.117. The Labute approximate surface area is 112 Å². The summed E-state index contributed by atoms with van der Waals surface area (Å²) in [6.45, 7) is 5.86. The summed E-state index contributed by atoms with van der Waals surface area (Å²) >= 11 is 1.40. The summed E-state index contributed by atoms with van der Waals surface area (Å²) in [5.41, 5.74) is 3.59. The molecular formula is C14H16N2OS. The quantitative estimate of drug-likeness (QED) is 0.781. The summed E-state index contributed by atoms with van der Waals surface area (Å²) < 4.78 is 0. The summed E-state index contributed by atoms with van der Waals surface area (Å²) in [6.07, 6.45) is 2.06. The molecule has 0 spiro atoms. The summed E-state index contributed by atoms with van der Waals surface area (Å²) in [5, 5.41) is 9.91. The lowest BCUT2D eigenvalue weighted by Gasteiger charge is -2.10. The molecule has 0 aliphatic heterocycles. The number of Topliss-reactive ketones (excluding diaryl/α,β-unsaturated/α-hetero) is 1. The van der Waals surface area contributed by atoms with Crippen LogP contribution in [0.4, 0.5) is 0 Å². The van der Waals surface area contributed by atoms with Crippen LogP contribution in [-0.2, 0) is 4.79 Å². The number of pyridine rings is 1. The first kappa shape index (κ1) is 13.1. The largest absolute Gasteiger partial charge is 0.298 e. The van der Waals surface area contributed by atoms with E-state index in [1.165, 1.54) is 11.8 Å². The van der Waals surface area contributed by atoms with Crippen molar-refractivity contribution < 1.29 is 4.79 Å². The first-order valence-electron chi connectivity index (χ1n) is 6.08. The van der Waals surface area contributed by atoms with E-state index < -0.39 is 0 Å². The minimum absolute atomic E-state index is 0.274. The third-order valence-electron chi connectivity index (χ3n) is 3.46. The number of carbonyl (C=O) groups is 1. The van der Waals surface area contributed by atoms with Gasteiger partial charge in [-0.2, -0.15) is 5.26 Å². The van der Waals surface area contributed by atoms with E-state index in [4.69, 9.17) is 0 Å². The number of aromatic nitrogens is 1. The monoisotopic (exact) mass is 260 g/mol. The molecular weight excluding hydrogens is 244 g/mol. The molecule has 0 saturated heterocycles. The molecule has 1 aliphatic rings. The van der Waals surface area contributed by atoms with Crippen LogP contribution in [0.1, 0.15) is 35.2 Å². The van der Waals surface area contributed by atoms with Gasteiger partial charge in [0.05, 0.1) is 11.3 Å². The number of thioether (sulfide) groups is 1. The SMILES string of the molecule is Cc1nc(SCC(=O)C2CC2)c(C#N)c(C)c1C. The molecule has 0 radical (unpaired) electrons. The zero-order valence-corrected chi connectivity index (χ0v) is 11.7. The Balaban J connectivity index is 2.21. The highest BCUT2D eigenvalue weighted by atomic mass is 32.2. The van der Waals surface area contributed by atoms with E-state index in [0.717, 1.165) is 29.7 Å². The van der Waals surface area contributed by atoms with Gasteiger partial charge in [-0.1, -0.05) is 11.8 Å². The standard InChI is InChI=1S/C14H16N2OS/c1-8-9(2)12(6-15)14(16-10(8)3)18-7-13(17)11-4-5-11/h11H,4-5,7H2,1-3H3. The molecule has 1 heterocycles. The first-order chi connectivity index (χ1) is 8.54. The van der Waals surface area contributed by atoms with Crippen molar-refractivity contribution in [3.8, 4) is 6.07 Å². The van der Waals surface area contributed by atoms with E-state index in [9.17, 15) is 10.1 Å². The zero-order valence-electron chi connectivity index (χ0n) is 10.9. The van der Waals surface area contributed by atoms with Crippen molar-refractivity contribution in [2.75, 3.05) is 5.75 Å². The highest BCUT2D eigenvalue weighted by Gasteiger charge is 2.29. The summed E-state index contributed by atoms with van der Waals surface area (Å²) in [7, 11) is 0. The molecule has 3 nitrogen and oxygen atoms in total. The third kappa shape index (κ3) is 2.56. The molecule has 1 aliphatic carbocycles. The third-order valence-corrected chi connectivity index (χ3v) is 4.46. The Bertz CT molecular complexity index is 542. The van der Waals surface area contributed by atoms with Crippen LogP contribution < -0.4 is 0 Å². The maximum absolute atomic E-state index is 11.7. The molecule has 0 bridgehead atoms. The fourth-order valence-electron chi connectivity index (χ4n) is 1.81. The molecule has 1 fully saturated rings. The molecule has 0 amide bonds. The predicted octanol–water partition coefficient (Wildman–Crippen LogP) is 2.95. The number of nitrogens with zero attached hydrogens (tertiary/aromatic N) is 2. The Morgan fingerprint density at radius 1 is 1.39 bits per heavy atom. The lowest BCUT2D eigenvalue weighted by Crippen LogP contribution is -2.05. The van der Waals surface area contributed by atoms with Crippen LogP contribution in [-0.4, -0.2) is 16.5 Å². The van der Waals surface area contributed by atoms with Crippen LogP contribution in [0.15, 0.2) is 5.03 Å². The van der Waals surface area contributed by atoms with Crippen molar-refractivity contribution in [2.45, 2.75) is 38.6 Å². The zero-order chi connectivity index (χ0) is 13.3. The van der Waals surface area contributed by atoms with Gasteiger partial charge in [-0.25, -0.2) is 4.98 Å². The fraction of sp³-hybridized carbons (Fsp3) is 0.500. The van der Waals surface area contributed by atoms with Crippen molar-refractivity contribution in [1.82, 2.24) is 4.98 Å². The molecule has 0 N–H and O–H groups in total. The second-order valence-electron chi connectivity index (χ2n) is 4.77. The van der Waals surface area contributed by atoms with Gasteiger partial charge in [0.25, 0.3) is 0 Å². The van der Waals surface area contributed by atoms with Crippen molar-refractivity contribution in [3.63, 3.8) is 0 Å². The summed E-state index contributed by atoms with van der Waals surface area (Å²) in [5.74, 6) is 1.01. The second kappa shape index (κ2) is 5.11. The molecule has 1 saturated carbocycles. The van der Waals surface area contributed by atoms with Crippen LogP contribution in [0.2, 0.25) is 0 Å². The first-order valence-corrected chi connectivity index (χ1v) is 7.06. The topological polar surface area (TPSA) is 53.8 Å². The molecule has 0 unspecified atom stereocenters. The highest BCUT2D eigenvalue weighted by molar-refractivity contribution is 8.00. The molecule has 0 aromatic carbocycles. The van der Waals surface area contributed by atoms with Crippen molar-refractivity contribution >= 4 is 17.5 Å². The van der Waals surface area contributed by atoms with Gasteiger partial charge < -0.3 is 0 Å². The van der Waals surface area contributed by atoms with Crippen LogP contribution in [0.5, 0.6) is 0 Å². The number of hydrogen-bond acceptors (Lipinski definition) is 4. The normalized spacial score (nSPS) is 14.3. The molecule has 2 rings (SSSR count). The average Bonchev–Trinajstić information content (AvgIpc) is 3.17. The number of nitriles is 1. The molecule has 4 heteroatoms. The summed E-state index contributed by atoms with van der Waals surface area (Å²) in [6, 6.07) is 2.21. The van der Waals surface area contributed by atoms with Gasteiger partial charge in [0.15, 0.2) is 0 Å². The van der Waals surface area contributed by atoms with Gasteiger partial charge in [-0.05, 0) is 44.7 Å². The van der Waals surface area contributed by atoms with E-state index in [0.29, 0.717) is 22.1 Å². The maximum Gasteiger partial charge on any atom is 0.146 e. The van der Waals surface area contributed by atoms with Crippen molar-refractivity contribution in [3.05, 3.63) is 22.4 Å². The predicted molar refractivity (Wildman–Crippen MR) is 71.6 cm³/mol. The molecule has 94 valence electrons. The minimum atomic E-state index is 0.274. The van der Waals surface area contributed by atoms with Crippen LogP contribution >= 0.6 is 11.8 Å². The van der Waals surface area contributed by atoms with E-state index in [2.05, 4.69) is 11.1 Å². The van der Waals surface area contributed by atoms with Gasteiger partial charge in [0.1, 0.15) is 16.9 Å². The lowest BCUT2D eigenvalue weighted by atomic mass is 10.1. The molecule has 0 atom stereocenters. The van der Waals surface area contributed by atoms with Crippen molar-refractivity contribution in [2.24, 2.45) is 5.92 Å². The van der Waals surface area contributed by atoms with E-state index in [1.54, 1.807) is 0 Å². The number of rotatable bonds is 4. The van der Waals surface area contributed by atoms with E-state index in [-0.39, 0.29) is 5.92 Å². The van der Waals surface area contributed by atoms with Gasteiger partial charge in [0, 0.05) is 11.6 Å². The smallest absolute Gasteiger partial charge is 0.146 e. The van der Waals surface area contributed by atoms with Gasteiger partial charge in [-0.3, -0.25) is 4.79 Å². The Hall–Kier alpha value is -1.34. The number of hydrogen-bond donors (Lipinski definition) is 0. The maximum atomic E-state index is 11.7. The van der Waals surface area contributed by atoms with Gasteiger partial charge in [0.2, 0.25) is 0 Å². The number of ketones is 1. The van der Waals surface area contributed by atoms with E-state index >= 15 is 0 Å². The summed E-state index contributed by atoms with van der Waals surface area (Å²) in [4.78, 5) is 16.1. The van der Waals surface area contributed by atoms with Crippen LogP contribution in [0.3, 0.4) is 0 Å². The Morgan fingerprint density at radius 2 is 2.06 bits per heavy atom. The van der Waals surface area contributed by atoms with Crippen LogP contribution in [0, 0.1) is 38.0 Å². The molecule has 18 heavy (non-hydrogen) atoms. The average molecular weight is 260 g/mol. The van der Waals surface area contributed by atoms with Crippen LogP contribution in [0.25, 0.3) is 0 Å². The van der Waals surface area contributed by atoms with Gasteiger partial charge >= 0.3 is 0 Å².